The molecule has 0 saturated heterocycles. The normalized spacial score (nSPS) is 11.3. The Morgan fingerprint density at radius 1 is 1.04 bits per heavy atom. The van der Waals surface area contributed by atoms with Crippen molar-refractivity contribution in [3.05, 3.63) is 59.9 Å². The summed E-state index contributed by atoms with van der Waals surface area (Å²) in [6, 6.07) is 12.6. The number of nitrogens with one attached hydrogen (secondary N) is 2. The molecule has 2 rings (SSSR count). The van der Waals surface area contributed by atoms with Gasteiger partial charge in [-0.05, 0) is 44.3 Å². The molecule has 1 heterocycles. The highest BCUT2D eigenvalue weighted by molar-refractivity contribution is 14.0. The first kappa shape index (κ1) is 21.5. The van der Waals surface area contributed by atoms with Gasteiger partial charge in [0.15, 0.2) is 5.96 Å². The molecule has 1 aromatic heterocycles. The van der Waals surface area contributed by atoms with Crippen molar-refractivity contribution in [2.24, 2.45) is 4.99 Å². The lowest BCUT2D eigenvalue weighted by molar-refractivity contribution is 0.401. The zero-order valence-electron chi connectivity index (χ0n) is 15.4. The van der Waals surface area contributed by atoms with E-state index in [1.54, 1.807) is 0 Å². The van der Waals surface area contributed by atoms with Gasteiger partial charge in [0.1, 0.15) is 0 Å². The summed E-state index contributed by atoms with van der Waals surface area (Å²) in [5.41, 5.74) is 2.60. The fourth-order valence-corrected chi connectivity index (χ4v) is 2.54. The third-order valence-electron chi connectivity index (χ3n) is 3.69. The van der Waals surface area contributed by atoms with Crippen LogP contribution in [0.25, 0.3) is 0 Å². The monoisotopic (exact) mass is 455 g/mol. The molecule has 0 amide bonds. The first-order valence-corrected chi connectivity index (χ1v) is 8.53. The summed E-state index contributed by atoms with van der Waals surface area (Å²) in [6.45, 7) is 6.33. The molecule has 0 fully saturated rings. The first-order chi connectivity index (χ1) is 11.7. The van der Waals surface area contributed by atoms with Crippen molar-refractivity contribution in [3.63, 3.8) is 0 Å². The van der Waals surface area contributed by atoms with Crippen LogP contribution in [0, 0.1) is 0 Å². The Labute approximate surface area is 168 Å². The average Bonchev–Trinajstić information content (AvgIpc) is 3.06. The second-order valence-electron chi connectivity index (χ2n) is 6.05. The number of rotatable bonds is 8. The number of nitrogens with zero attached hydrogens (tertiary/aromatic N) is 3. The van der Waals surface area contributed by atoms with Crippen molar-refractivity contribution in [1.29, 1.82) is 0 Å². The van der Waals surface area contributed by atoms with E-state index in [1.807, 2.05) is 12.1 Å². The molecule has 0 aliphatic rings. The molecule has 25 heavy (non-hydrogen) atoms. The van der Waals surface area contributed by atoms with Gasteiger partial charge < -0.3 is 20.1 Å². The summed E-state index contributed by atoms with van der Waals surface area (Å²) in [6.07, 6.45) is 4.15. The van der Waals surface area contributed by atoms with E-state index in [4.69, 9.17) is 4.99 Å². The number of benzene rings is 1. The Bertz CT molecular complexity index is 623. The number of hydrogen-bond donors (Lipinski definition) is 2. The highest BCUT2D eigenvalue weighted by Crippen LogP contribution is 2.11. The second kappa shape index (κ2) is 11.9. The van der Waals surface area contributed by atoms with Gasteiger partial charge >= 0.3 is 0 Å². The van der Waals surface area contributed by atoms with Gasteiger partial charge in [0, 0.05) is 38.6 Å². The fourth-order valence-electron chi connectivity index (χ4n) is 2.54. The topological polar surface area (TPSA) is 44.6 Å². The molecule has 2 N–H and O–H groups in total. The van der Waals surface area contributed by atoms with E-state index in [2.05, 4.69) is 77.8 Å². The molecular formula is C19H30IN5. The van der Waals surface area contributed by atoms with Crippen LogP contribution in [0.4, 0.5) is 0 Å². The number of aromatic nitrogens is 1. The van der Waals surface area contributed by atoms with Gasteiger partial charge in [0.2, 0.25) is 0 Å². The van der Waals surface area contributed by atoms with Gasteiger partial charge in [0.25, 0.3) is 0 Å². The smallest absolute Gasteiger partial charge is 0.191 e. The molecular weight excluding hydrogens is 425 g/mol. The van der Waals surface area contributed by atoms with Crippen molar-refractivity contribution in [1.82, 2.24) is 20.1 Å². The summed E-state index contributed by atoms with van der Waals surface area (Å²) in [5, 5.41) is 6.71. The van der Waals surface area contributed by atoms with Crippen molar-refractivity contribution in [2.75, 3.05) is 27.2 Å². The summed E-state index contributed by atoms with van der Waals surface area (Å²) in [7, 11) is 4.18. The number of halogens is 1. The van der Waals surface area contributed by atoms with Crippen LogP contribution in [0.1, 0.15) is 18.1 Å². The average molecular weight is 455 g/mol. The largest absolute Gasteiger partial charge is 0.357 e. The lowest BCUT2D eigenvalue weighted by Crippen LogP contribution is -2.38. The maximum Gasteiger partial charge on any atom is 0.191 e. The minimum Gasteiger partial charge on any atom is -0.357 e. The highest BCUT2D eigenvalue weighted by atomic mass is 127. The molecule has 6 heteroatoms. The minimum atomic E-state index is 0. The lowest BCUT2D eigenvalue weighted by Gasteiger charge is -2.14. The predicted molar refractivity (Wildman–Crippen MR) is 116 cm³/mol. The van der Waals surface area contributed by atoms with Crippen LogP contribution in [0.3, 0.4) is 0 Å². The van der Waals surface area contributed by atoms with Gasteiger partial charge in [-0.2, -0.15) is 0 Å². The first-order valence-electron chi connectivity index (χ1n) is 8.53. The Balaban J connectivity index is 0.00000312. The second-order valence-corrected chi connectivity index (χ2v) is 6.05. The predicted octanol–water partition coefficient (Wildman–Crippen LogP) is 2.92. The van der Waals surface area contributed by atoms with Crippen LogP contribution < -0.4 is 10.6 Å². The Hall–Kier alpha value is -1.54. The van der Waals surface area contributed by atoms with Gasteiger partial charge in [0.05, 0.1) is 6.54 Å². The molecule has 1 aromatic carbocycles. The van der Waals surface area contributed by atoms with E-state index < -0.39 is 0 Å². The molecule has 0 unspecified atom stereocenters. The van der Waals surface area contributed by atoms with Crippen LogP contribution in [0.5, 0.6) is 0 Å². The van der Waals surface area contributed by atoms with E-state index in [-0.39, 0.29) is 24.0 Å². The van der Waals surface area contributed by atoms with Crippen molar-refractivity contribution in [3.8, 4) is 0 Å². The maximum atomic E-state index is 4.74. The number of hydrogen-bond acceptors (Lipinski definition) is 2. The van der Waals surface area contributed by atoms with E-state index in [1.165, 1.54) is 11.1 Å². The SMILES string of the molecule is CCNC(=NCc1ccccc1CN(C)C)NCCn1cccc1.I. The van der Waals surface area contributed by atoms with Crippen molar-refractivity contribution < 1.29 is 0 Å². The maximum absolute atomic E-state index is 4.74. The Morgan fingerprint density at radius 2 is 1.72 bits per heavy atom. The van der Waals surface area contributed by atoms with Crippen LogP contribution in [-0.2, 0) is 19.6 Å². The third kappa shape index (κ3) is 7.92. The Morgan fingerprint density at radius 3 is 2.36 bits per heavy atom. The van der Waals surface area contributed by atoms with Gasteiger partial charge in [-0.1, -0.05) is 24.3 Å². The van der Waals surface area contributed by atoms with Crippen molar-refractivity contribution >= 4 is 29.9 Å². The third-order valence-corrected chi connectivity index (χ3v) is 3.69. The molecule has 138 valence electrons. The summed E-state index contributed by atoms with van der Waals surface area (Å²) in [5.74, 6) is 0.865. The molecule has 0 aliphatic heterocycles. The fraction of sp³-hybridized carbons (Fsp3) is 0.421. The number of aliphatic imine (C=N–C) groups is 1. The van der Waals surface area contributed by atoms with Gasteiger partial charge in [-0.3, -0.25) is 0 Å². The minimum absolute atomic E-state index is 0. The van der Waals surface area contributed by atoms with E-state index >= 15 is 0 Å². The molecule has 0 saturated carbocycles. The Kier molecular flexibility index (Phi) is 10.3. The zero-order chi connectivity index (χ0) is 17.2. The molecule has 0 atom stereocenters. The molecule has 2 aromatic rings. The number of guanidine groups is 1. The molecule has 0 spiro atoms. The summed E-state index contributed by atoms with van der Waals surface area (Å²) in [4.78, 5) is 6.92. The molecule has 0 bridgehead atoms. The van der Waals surface area contributed by atoms with Gasteiger partial charge in [-0.25, -0.2) is 4.99 Å². The van der Waals surface area contributed by atoms with Crippen LogP contribution in [0.2, 0.25) is 0 Å². The van der Waals surface area contributed by atoms with Crippen LogP contribution in [0.15, 0.2) is 53.8 Å². The van der Waals surface area contributed by atoms with Crippen molar-refractivity contribution in [2.45, 2.75) is 26.6 Å². The van der Waals surface area contributed by atoms with Gasteiger partial charge in [-0.15, -0.1) is 24.0 Å². The van der Waals surface area contributed by atoms with E-state index in [0.717, 1.165) is 32.1 Å². The summed E-state index contributed by atoms with van der Waals surface area (Å²) >= 11 is 0. The molecule has 5 nitrogen and oxygen atoms in total. The van der Waals surface area contributed by atoms with Crippen LogP contribution >= 0.6 is 24.0 Å². The quantitative estimate of drug-likeness (QED) is 0.366. The summed E-state index contributed by atoms with van der Waals surface area (Å²) < 4.78 is 2.16. The molecule has 0 aliphatic carbocycles. The molecule has 0 radical (unpaired) electrons. The standard InChI is InChI=1S/C19H29N5.HI/c1-4-20-19(21-11-14-24-12-7-8-13-24)22-15-17-9-5-6-10-18(17)16-23(2)3;/h5-10,12-13H,4,11,14-16H2,1-3H3,(H2,20,21,22);1H. The zero-order valence-corrected chi connectivity index (χ0v) is 17.7. The van der Waals surface area contributed by atoms with E-state index in [0.29, 0.717) is 6.54 Å². The highest BCUT2D eigenvalue weighted by Gasteiger charge is 2.03. The van der Waals surface area contributed by atoms with E-state index in [9.17, 15) is 0 Å². The van der Waals surface area contributed by atoms with Crippen LogP contribution in [-0.4, -0.2) is 42.6 Å². The lowest BCUT2D eigenvalue weighted by atomic mass is 10.1.